The fourth-order valence-corrected chi connectivity index (χ4v) is 18.7. The molecule has 776 valence electrons. The molecule has 8 aliphatic carbocycles. The second-order valence-corrected chi connectivity index (χ2v) is 37.5. The van der Waals surface area contributed by atoms with Crippen molar-refractivity contribution in [3.63, 3.8) is 0 Å². The highest BCUT2D eigenvalue weighted by molar-refractivity contribution is 7.99. The molecular weight excluding hydrogens is 1950 g/mol. The zero-order chi connectivity index (χ0) is 132. The van der Waals surface area contributed by atoms with E-state index in [1.807, 2.05) is 0 Å². The molecule has 8 aromatic heterocycles. The van der Waals surface area contributed by atoms with Gasteiger partial charge in [0.05, 0.1) is 134 Å². The maximum atomic E-state index is 14.7. The summed E-state index contributed by atoms with van der Waals surface area (Å²) in [5.74, 6) is -7.57. The molecular formula is C96H124F4N24O16S4. The Labute approximate surface area is 891 Å². The summed E-state index contributed by atoms with van der Waals surface area (Å²) < 4.78 is 360. The summed E-state index contributed by atoms with van der Waals surface area (Å²) >= 11 is 2.40. The van der Waals surface area contributed by atoms with E-state index in [-0.39, 0.29) is 259 Å². The van der Waals surface area contributed by atoms with Crippen LogP contribution in [0.4, 0.5) is 40.8 Å². The van der Waals surface area contributed by atoms with E-state index in [0.29, 0.717) is 47.0 Å². The summed E-state index contributed by atoms with van der Waals surface area (Å²) in [5, 5.41) is 167. The fourth-order valence-electron chi connectivity index (χ4n) is 16.6. The Morgan fingerprint density at radius 3 is 0.882 bits per heavy atom. The molecule has 0 bridgehead atoms. The molecule has 16 N–H and O–H groups in total. The minimum Gasteiger partial charge on any atom is -0.394 e. The van der Waals surface area contributed by atoms with Crippen LogP contribution in [0.5, 0.6) is 0 Å². The summed E-state index contributed by atoms with van der Waals surface area (Å²) in [5.41, 5.74) is -9.06. The van der Waals surface area contributed by atoms with Crippen molar-refractivity contribution in [3.8, 4) is 0 Å². The van der Waals surface area contributed by atoms with Crippen LogP contribution in [0.1, 0.15) is 244 Å². The Morgan fingerprint density at radius 1 is 0.354 bits per heavy atom. The van der Waals surface area contributed by atoms with E-state index in [1.54, 1.807) is 20.8 Å². The van der Waals surface area contributed by atoms with Crippen LogP contribution >= 0.6 is 47.0 Å². The van der Waals surface area contributed by atoms with Gasteiger partial charge in [-0.25, -0.2) is 76.2 Å². The number of benzene rings is 4. The topological polar surface area (TPSA) is 554 Å². The first-order chi connectivity index (χ1) is 82.3. The van der Waals surface area contributed by atoms with Crippen molar-refractivity contribution in [3.05, 3.63) is 140 Å². The maximum absolute atomic E-state index is 14.7. The minimum absolute atomic E-state index is 0.00249. The minimum atomic E-state index is -3.44. The van der Waals surface area contributed by atoms with Gasteiger partial charge in [-0.3, -0.25) is 0 Å². The van der Waals surface area contributed by atoms with Crippen LogP contribution in [0, 0.1) is 51.0 Å². The van der Waals surface area contributed by atoms with Gasteiger partial charge in [0.2, 0.25) is 0 Å². The normalized spacial score (nSPS) is 34.0. The van der Waals surface area contributed by atoms with E-state index in [2.05, 4.69) is 102 Å². The smallest absolute Gasteiger partial charge is 0.191 e. The number of rotatable bonds is 40. The zero-order valence-electron chi connectivity index (χ0n) is 112. The van der Waals surface area contributed by atoms with E-state index in [1.165, 1.54) is 41.7 Å². The molecule has 20 rings (SSSR count). The van der Waals surface area contributed by atoms with Gasteiger partial charge in [0.1, 0.15) is 72.1 Å². The van der Waals surface area contributed by atoms with Gasteiger partial charge in [-0.05, 0) is 148 Å². The van der Waals surface area contributed by atoms with Crippen LogP contribution in [-0.4, -0.2) is 334 Å². The van der Waals surface area contributed by atoms with Gasteiger partial charge in [-0.15, -0.1) is 20.4 Å². The van der Waals surface area contributed by atoms with Crippen LogP contribution in [0.2, 0.25) is 0 Å². The third-order valence-electron chi connectivity index (χ3n) is 24.5. The monoisotopic (exact) mass is 2110 g/mol. The number of nitrogens with zero attached hydrogens (tertiary/aromatic N) is 20. The van der Waals surface area contributed by atoms with Gasteiger partial charge in [-0.1, -0.05) is 144 Å². The maximum Gasteiger partial charge on any atom is 0.191 e. The summed E-state index contributed by atoms with van der Waals surface area (Å²) in [6.07, 6.45) is -19.3. The number of aliphatic hydroxyl groups is 12. The van der Waals surface area contributed by atoms with Crippen molar-refractivity contribution in [2.45, 2.75) is 298 Å². The lowest BCUT2D eigenvalue weighted by atomic mass is 10.1. The third kappa shape index (κ3) is 23.8. The molecule has 0 spiro atoms. The predicted octanol–water partition coefficient (Wildman–Crippen LogP) is 8.73. The molecule has 48 heteroatoms. The lowest BCUT2D eigenvalue weighted by molar-refractivity contribution is -0.0629. The molecule has 0 amide bonds. The highest BCUT2D eigenvalue weighted by atomic mass is 32.2. The Hall–Kier alpha value is -9.52. The molecule has 144 heavy (non-hydrogen) atoms. The van der Waals surface area contributed by atoms with Crippen molar-refractivity contribution in [2.75, 3.05) is 96.8 Å². The van der Waals surface area contributed by atoms with E-state index < -0.39 is 267 Å². The number of thioether (sulfide) groups is 4. The first-order valence-corrected chi connectivity index (χ1v) is 48.7. The van der Waals surface area contributed by atoms with Crippen molar-refractivity contribution in [1.29, 1.82) is 0 Å². The Balaban J connectivity index is 0.000000157. The standard InChI is InChI=1S/4C24H31FN6O4S/c4*1-3-8-36-24-27-22(26-16-10-14(16)13-5-4-12(2)15(25)9-13)19-23(28-24)31(30-29-19)17-11-18(35-7-6-32)21(34)20(17)33/h4*4-5,9,14,16-18,20-21,32-34H,3,6-8,10-11H2,1-2H3,(H,26,27,28)/t4*14-,16+,17+,18-,20-,21+/m0000/s1/i4D,5D,6D2,7D2,8D2,9D,16D;4D,5D,7D2,8D2,9D,16D;4D,5D,6D2,8D2,9D,16D;3D2,4D,5D,8D2,9D,16D. The van der Waals surface area contributed by atoms with Gasteiger partial charge < -0.3 is 101 Å². The molecule has 8 fully saturated rings. The molecule has 0 radical (unpaired) electrons. The Morgan fingerprint density at radius 2 is 0.625 bits per heavy atom. The number of anilines is 4. The number of hydrogen-bond donors (Lipinski definition) is 16. The highest BCUT2D eigenvalue weighted by Gasteiger charge is 2.51. The SMILES string of the molecule is [2H]c1c([2H])c([C@@H]2C[C@@]2([2H])Nc2nc(SC([2H])([2H])C([2H])([2H])C)nc3c2nnn3[C@@H]2C[C@H](OCCO)[C@@H](O)[C@H]2O)c([2H])c(F)c1C.[2H]c1c([2H])c([C@@H]2C[C@@]2([2H])Nc2nc(SC([2H])([2H])CC)nc3c2nnn3[C@@H]2C[C@H](OC([2H])([2H])C([2H])([2H])O)[C@@H](O)[C@H]2O)c([2H])c(F)c1C.[2H]c1c([2H])c([C@@H]2C[C@@]2([2H])Nc2nc(SC([2H])([2H])CC)nc3c2nnn3[C@@H]2C[C@H](OC([2H])([2H])CO)[C@@H](O)[C@H]2O)c([2H])c(F)c1C.[2H]c1c([2H])c([C@@H]2C[C@@]2([2H])Nc2nc(SC([2H])([2H])CC)nc3c2nnn3[C@@H]2C[C@H](OCC([2H])([2H])O)[C@@H](O)[C@H]2O)c([2H])c(F)c1C. The van der Waals surface area contributed by atoms with E-state index in [9.17, 15) is 73.7 Å². The van der Waals surface area contributed by atoms with Gasteiger partial charge in [0, 0.05) is 110 Å². The molecule has 40 nitrogen and oxygen atoms in total. The first kappa shape index (κ1) is 70.4. The summed E-state index contributed by atoms with van der Waals surface area (Å²) in [4.78, 5) is 34.9. The van der Waals surface area contributed by atoms with Gasteiger partial charge in [-0.2, -0.15) is 0 Å². The van der Waals surface area contributed by atoms with Crippen LogP contribution in [0.25, 0.3) is 44.7 Å². The largest absolute Gasteiger partial charge is 0.394 e. The number of halogens is 4. The number of fused-ring (bicyclic) bond motifs is 4. The molecule has 0 unspecified atom stereocenters. The number of hydrogen-bond acceptors (Lipinski definition) is 40. The van der Waals surface area contributed by atoms with Crippen molar-refractivity contribution in [2.24, 2.45) is 0 Å². The Kier molecular flexibility index (Phi) is 23.1. The molecule has 0 aliphatic heterocycles. The van der Waals surface area contributed by atoms with E-state index in [0.717, 1.165) is 11.6 Å². The lowest BCUT2D eigenvalue weighted by Crippen LogP contribution is -2.33. The molecule has 8 heterocycles. The predicted molar refractivity (Wildman–Crippen MR) is 530 cm³/mol. The summed E-state index contributed by atoms with van der Waals surface area (Å²) in [7, 11) is 0. The Bertz CT molecular complexity index is 8240. The molecule has 12 aromatic rings. The van der Waals surface area contributed by atoms with Crippen LogP contribution in [0.15, 0.2) is 93.1 Å². The van der Waals surface area contributed by atoms with Crippen molar-refractivity contribution in [1.82, 2.24) is 99.8 Å². The van der Waals surface area contributed by atoms with Gasteiger partial charge in [0.25, 0.3) is 0 Å². The van der Waals surface area contributed by atoms with Crippen molar-refractivity contribution >= 4 is 115 Å². The first-order valence-electron chi connectivity index (χ1n) is 62.5. The zero-order valence-corrected chi connectivity index (χ0v) is 81.0. The van der Waals surface area contributed by atoms with E-state index >= 15 is 0 Å². The van der Waals surface area contributed by atoms with E-state index in [4.69, 9.17) is 70.7 Å². The molecule has 4 aromatic carbocycles. The molecule has 8 saturated carbocycles. The number of ether oxygens (including phenoxy) is 4. The molecule has 24 atom stereocenters. The fraction of sp³-hybridized carbons (Fsp3) is 0.583. The van der Waals surface area contributed by atoms with Crippen LogP contribution in [0.3, 0.4) is 0 Å². The number of aromatic nitrogens is 20. The average Bonchev–Trinajstić information content (AvgIpc) is 1.57. The molecule has 8 aliphatic rings. The summed E-state index contributed by atoms with van der Waals surface area (Å²) in [6.45, 7) is -2.83. The highest BCUT2D eigenvalue weighted by Crippen LogP contribution is 2.50. The third-order valence-corrected chi connectivity index (χ3v) is 27.5. The quantitative estimate of drug-likeness (QED) is 0.00969. The summed E-state index contributed by atoms with van der Waals surface area (Å²) in [6, 6.07) is -15.8. The van der Waals surface area contributed by atoms with Gasteiger partial charge in [0.15, 0.2) is 88.6 Å². The second kappa shape index (κ2) is 47.3. The van der Waals surface area contributed by atoms with Crippen LogP contribution < -0.4 is 21.3 Å². The van der Waals surface area contributed by atoms with Gasteiger partial charge >= 0.3 is 0 Å². The van der Waals surface area contributed by atoms with Crippen molar-refractivity contribution < 1.29 is 144 Å². The second-order valence-electron chi connectivity index (χ2n) is 34.1. The van der Waals surface area contributed by atoms with Crippen LogP contribution in [-0.2, 0) is 18.9 Å². The molecule has 0 saturated heterocycles. The number of aliphatic hydroxyl groups excluding tert-OH is 10. The lowest BCUT2D eigenvalue weighted by Gasteiger charge is -2.17. The average molecular weight is 2110 g/mol. The number of nitrogens with one attached hydrogen (secondary N) is 4.